The smallest absolute Gasteiger partial charge is 0.0447 e. The molecule has 0 aromatic heterocycles. The summed E-state index contributed by atoms with van der Waals surface area (Å²) in [4.78, 5) is 1.42. The van der Waals surface area contributed by atoms with Gasteiger partial charge in [-0.2, -0.15) is 0 Å². The third-order valence-electron chi connectivity index (χ3n) is 3.87. The molecule has 2 unspecified atom stereocenters. The third kappa shape index (κ3) is 3.45. The zero-order valence-electron chi connectivity index (χ0n) is 12.2. The first-order chi connectivity index (χ1) is 10.3. The largest absolute Gasteiger partial charge is 0.309 e. The van der Waals surface area contributed by atoms with Crippen LogP contribution in [0, 0.1) is 0 Å². The number of fused-ring (bicyclic) bond motifs is 1. The molecule has 1 nitrogen and oxygen atoms in total. The predicted octanol–water partition coefficient (Wildman–Crippen LogP) is 5.10. The van der Waals surface area contributed by atoms with Gasteiger partial charge in [0, 0.05) is 21.2 Å². The summed E-state index contributed by atoms with van der Waals surface area (Å²) >= 11 is 8.17. The standard InChI is InChI=1S/C18H20ClNS/c1-2-10-20-18(14-7-5-8-15(19)11-14)17-12-13-6-3-4-9-16(13)21-17/h3-9,11,17-18,20H,2,10,12H2,1H3. The number of halogens is 1. The Bertz CT molecular complexity index is 589. The Balaban J connectivity index is 1.84. The van der Waals surface area contributed by atoms with Crippen molar-refractivity contribution in [1.82, 2.24) is 5.32 Å². The van der Waals surface area contributed by atoms with Crippen molar-refractivity contribution in [3.8, 4) is 0 Å². The molecule has 0 amide bonds. The van der Waals surface area contributed by atoms with E-state index in [9.17, 15) is 0 Å². The van der Waals surface area contributed by atoms with E-state index < -0.39 is 0 Å². The second kappa shape index (κ2) is 6.87. The van der Waals surface area contributed by atoms with Crippen LogP contribution in [0.5, 0.6) is 0 Å². The molecule has 0 spiro atoms. The second-order valence-corrected chi connectivity index (χ2v) is 7.17. The van der Waals surface area contributed by atoms with Crippen LogP contribution in [0.15, 0.2) is 53.4 Å². The highest BCUT2D eigenvalue weighted by Gasteiger charge is 2.30. The maximum Gasteiger partial charge on any atom is 0.0447 e. The Morgan fingerprint density at radius 3 is 2.86 bits per heavy atom. The average molecular weight is 318 g/mol. The zero-order valence-corrected chi connectivity index (χ0v) is 13.8. The molecule has 3 heteroatoms. The lowest BCUT2D eigenvalue weighted by molar-refractivity contribution is 0.514. The van der Waals surface area contributed by atoms with Crippen LogP contribution in [-0.4, -0.2) is 11.8 Å². The summed E-state index contributed by atoms with van der Waals surface area (Å²) in [7, 11) is 0. The molecule has 1 N–H and O–H groups in total. The number of benzene rings is 2. The monoisotopic (exact) mass is 317 g/mol. The van der Waals surface area contributed by atoms with Crippen LogP contribution >= 0.6 is 23.4 Å². The number of rotatable bonds is 5. The third-order valence-corrected chi connectivity index (χ3v) is 5.49. The van der Waals surface area contributed by atoms with Crippen LogP contribution < -0.4 is 5.32 Å². The van der Waals surface area contributed by atoms with Crippen LogP contribution in [0.3, 0.4) is 0 Å². The van der Waals surface area contributed by atoms with Gasteiger partial charge in [-0.15, -0.1) is 11.8 Å². The van der Waals surface area contributed by atoms with E-state index in [1.54, 1.807) is 0 Å². The fraction of sp³-hybridized carbons (Fsp3) is 0.333. The van der Waals surface area contributed by atoms with Crippen molar-refractivity contribution in [2.24, 2.45) is 0 Å². The number of hydrogen-bond donors (Lipinski definition) is 1. The van der Waals surface area contributed by atoms with Gasteiger partial charge in [-0.05, 0) is 48.7 Å². The first-order valence-corrected chi connectivity index (χ1v) is 8.77. The first-order valence-electron chi connectivity index (χ1n) is 7.51. The van der Waals surface area contributed by atoms with Crippen molar-refractivity contribution in [3.63, 3.8) is 0 Å². The normalized spacial score (nSPS) is 18.5. The summed E-state index contributed by atoms with van der Waals surface area (Å²) in [6, 6.07) is 17.4. The molecule has 2 aromatic rings. The molecular weight excluding hydrogens is 298 g/mol. The van der Waals surface area contributed by atoms with E-state index in [0.29, 0.717) is 11.3 Å². The second-order valence-electron chi connectivity index (χ2n) is 5.45. The molecule has 1 aliphatic rings. The van der Waals surface area contributed by atoms with Crippen molar-refractivity contribution >= 4 is 23.4 Å². The van der Waals surface area contributed by atoms with Crippen LogP contribution in [0.25, 0.3) is 0 Å². The SMILES string of the molecule is CCCNC(c1cccc(Cl)c1)C1Cc2ccccc2S1. The molecule has 3 rings (SSSR count). The molecule has 1 heterocycles. The van der Waals surface area contributed by atoms with Gasteiger partial charge in [0.2, 0.25) is 0 Å². The van der Waals surface area contributed by atoms with Crippen LogP contribution in [0.1, 0.15) is 30.5 Å². The Morgan fingerprint density at radius 1 is 1.24 bits per heavy atom. The first kappa shape index (κ1) is 15.0. The highest BCUT2D eigenvalue weighted by molar-refractivity contribution is 8.00. The van der Waals surface area contributed by atoms with Crippen molar-refractivity contribution in [1.29, 1.82) is 0 Å². The summed E-state index contributed by atoms with van der Waals surface area (Å²) in [5.41, 5.74) is 2.76. The Labute approximate surface area is 136 Å². The maximum absolute atomic E-state index is 6.18. The molecule has 1 aliphatic heterocycles. The highest BCUT2D eigenvalue weighted by Crippen LogP contribution is 2.42. The summed E-state index contributed by atoms with van der Waals surface area (Å²) in [6.07, 6.45) is 2.26. The minimum Gasteiger partial charge on any atom is -0.309 e. The maximum atomic E-state index is 6.18. The fourth-order valence-electron chi connectivity index (χ4n) is 2.86. The molecular formula is C18H20ClNS. The van der Waals surface area contributed by atoms with Gasteiger partial charge in [0.1, 0.15) is 0 Å². The lowest BCUT2D eigenvalue weighted by Gasteiger charge is -2.25. The Morgan fingerprint density at radius 2 is 2.10 bits per heavy atom. The van der Waals surface area contributed by atoms with Crippen molar-refractivity contribution in [3.05, 3.63) is 64.7 Å². The van der Waals surface area contributed by atoms with Crippen molar-refractivity contribution in [2.75, 3.05) is 6.54 Å². The van der Waals surface area contributed by atoms with Gasteiger partial charge in [0.15, 0.2) is 0 Å². The molecule has 0 radical (unpaired) electrons. The van der Waals surface area contributed by atoms with Gasteiger partial charge in [0.25, 0.3) is 0 Å². The van der Waals surface area contributed by atoms with Gasteiger partial charge in [-0.1, -0.05) is 48.9 Å². The van der Waals surface area contributed by atoms with Crippen LogP contribution in [0.4, 0.5) is 0 Å². The van der Waals surface area contributed by atoms with E-state index in [0.717, 1.165) is 24.4 Å². The number of nitrogens with one attached hydrogen (secondary N) is 1. The van der Waals surface area contributed by atoms with Gasteiger partial charge in [0.05, 0.1) is 0 Å². The molecule has 2 atom stereocenters. The van der Waals surface area contributed by atoms with Gasteiger partial charge in [-0.3, -0.25) is 0 Å². The molecule has 0 bridgehead atoms. The fourth-order valence-corrected chi connectivity index (χ4v) is 4.50. The summed E-state index contributed by atoms with van der Waals surface area (Å²) in [5.74, 6) is 0. The minimum absolute atomic E-state index is 0.348. The lowest BCUT2D eigenvalue weighted by atomic mass is 9.98. The van der Waals surface area contributed by atoms with E-state index in [1.165, 1.54) is 16.0 Å². The van der Waals surface area contributed by atoms with E-state index in [-0.39, 0.29) is 0 Å². The summed E-state index contributed by atoms with van der Waals surface area (Å²) in [6.45, 7) is 3.24. The molecule has 0 aliphatic carbocycles. The Kier molecular flexibility index (Phi) is 4.89. The molecule has 2 aromatic carbocycles. The van der Waals surface area contributed by atoms with Gasteiger partial charge < -0.3 is 5.32 Å². The molecule has 21 heavy (non-hydrogen) atoms. The number of hydrogen-bond acceptors (Lipinski definition) is 2. The summed E-state index contributed by atoms with van der Waals surface area (Å²) < 4.78 is 0. The van der Waals surface area contributed by atoms with E-state index >= 15 is 0 Å². The van der Waals surface area contributed by atoms with Crippen molar-refractivity contribution < 1.29 is 0 Å². The summed E-state index contributed by atoms with van der Waals surface area (Å²) in [5, 5.41) is 5.06. The lowest BCUT2D eigenvalue weighted by Crippen LogP contribution is -2.30. The van der Waals surface area contributed by atoms with E-state index in [1.807, 2.05) is 23.9 Å². The minimum atomic E-state index is 0.348. The molecule has 0 saturated carbocycles. The predicted molar refractivity (Wildman–Crippen MR) is 92.3 cm³/mol. The van der Waals surface area contributed by atoms with Crippen LogP contribution in [-0.2, 0) is 6.42 Å². The van der Waals surface area contributed by atoms with E-state index in [4.69, 9.17) is 11.6 Å². The zero-order chi connectivity index (χ0) is 14.7. The van der Waals surface area contributed by atoms with Crippen LogP contribution in [0.2, 0.25) is 5.02 Å². The molecule has 110 valence electrons. The van der Waals surface area contributed by atoms with Gasteiger partial charge >= 0.3 is 0 Å². The number of thioether (sulfide) groups is 1. The molecule has 0 saturated heterocycles. The quantitative estimate of drug-likeness (QED) is 0.823. The topological polar surface area (TPSA) is 12.0 Å². The van der Waals surface area contributed by atoms with E-state index in [2.05, 4.69) is 48.6 Å². The Hall–Kier alpha value is -0.960. The van der Waals surface area contributed by atoms with Gasteiger partial charge in [-0.25, -0.2) is 0 Å². The highest BCUT2D eigenvalue weighted by atomic mass is 35.5. The van der Waals surface area contributed by atoms with Crippen molar-refractivity contribution in [2.45, 2.75) is 36.0 Å². The molecule has 0 fully saturated rings. The average Bonchev–Trinajstić information content (AvgIpc) is 2.91.